The largest absolute Gasteiger partial charge is 0.506 e. The van der Waals surface area contributed by atoms with E-state index < -0.39 is 5.97 Å². The number of carboxylic acids is 1. The van der Waals surface area contributed by atoms with Gasteiger partial charge in [-0.3, -0.25) is 0 Å². The lowest BCUT2D eigenvalue weighted by molar-refractivity contribution is 0.0698. The summed E-state index contributed by atoms with van der Waals surface area (Å²) >= 11 is 3.16. The fourth-order valence-electron chi connectivity index (χ4n) is 1.60. The molecule has 4 nitrogen and oxygen atoms in total. The lowest BCUT2D eigenvalue weighted by Crippen LogP contribution is -1.94. The summed E-state index contributed by atoms with van der Waals surface area (Å²) in [6.07, 6.45) is 1.49. The van der Waals surface area contributed by atoms with Crippen molar-refractivity contribution in [2.45, 2.75) is 0 Å². The molecule has 78 valence electrons. The number of carboxylic acid groups (broad SMARTS) is 1. The fraction of sp³-hybridized carbons (Fsp3) is 0.100. The van der Waals surface area contributed by atoms with E-state index in [0.717, 1.165) is 0 Å². The van der Waals surface area contributed by atoms with Crippen LogP contribution in [0.25, 0.3) is 10.9 Å². The van der Waals surface area contributed by atoms with Crippen molar-refractivity contribution in [3.63, 3.8) is 0 Å². The molecular weight excluding hydrogens is 262 g/mol. The van der Waals surface area contributed by atoms with Crippen LogP contribution in [0.2, 0.25) is 0 Å². The van der Waals surface area contributed by atoms with Gasteiger partial charge in [-0.2, -0.15) is 0 Å². The van der Waals surface area contributed by atoms with Crippen LogP contribution in [0.3, 0.4) is 0 Å². The number of nitrogens with zero attached hydrogens (tertiary/aromatic N) is 1. The Bertz CT molecular complexity index is 559. The first-order valence-corrected chi connectivity index (χ1v) is 5.01. The van der Waals surface area contributed by atoms with Crippen LogP contribution in [-0.4, -0.2) is 20.7 Å². The average molecular weight is 270 g/mol. The third-order valence-electron chi connectivity index (χ3n) is 2.31. The van der Waals surface area contributed by atoms with Gasteiger partial charge in [-0.1, -0.05) is 0 Å². The number of benzene rings is 1. The van der Waals surface area contributed by atoms with E-state index in [1.165, 1.54) is 6.20 Å². The van der Waals surface area contributed by atoms with Crippen LogP contribution in [0.15, 0.2) is 22.8 Å². The van der Waals surface area contributed by atoms with Crippen molar-refractivity contribution in [1.82, 2.24) is 4.57 Å². The number of rotatable bonds is 1. The Kier molecular flexibility index (Phi) is 2.19. The number of halogens is 1. The van der Waals surface area contributed by atoms with Crippen molar-refractivity contribution in [3.05, 3.63) is 28.4 Å². The van der Waals surface area contributed by atoms with Gasteiger partial charge < -0.3 is 14.8 Å². The van der Waals surface area contributed by atoms with Crippen molar-refractivity contribution in [2.24, 2.45) is 7.05 Å². The second-order valence-corrected chi connectivity index (χ2v) is 4.10. The Balaban J connectivity index is 2.95. The first kappa shape index (κ1) is 10.0. The van der Waals surface area contributed by atoms with Crippen molar-refractivity contribution < 1.29 is 15.0 Å². The highest BCUT2D eigenvalue weighted by Gasteiger charge is 2.17. The van der Waals surface area contributed by atoms with Crippen LogP contribution in [-0.2, 0) is 7.05 Å². The minimum absolute atomic E-state index is 0.0366. The second kappa shape index (κ2) is 3.27. The molecule has 1 aromatic heterocycles. The predicted octanol–water partition coefficient (Wildman–Crippen LogP) is 2.34. The minimum Gasteiger partial charge on any atom is -0.506 e. The van der Waals surface area contributed by atoms with Crippen LogP contribution >= 0.6 is 15.9 Å². The maximum absolute atomic E-state index is 11.0. The van der Waals surface area contributed by atoms with E-state index in [-0.39, 0.29) is 11.3 Å². The number of hydrogen-bond donors (Lipinski definition) is 2. The van der Waals surface area contributed by atoms with E-state index in [1.54, 1.807) is 23.7 Å². The number of aromatic carboxylic acids is 1. The monoisotopic (exact) mass is 269 g/mol. The van der Waals surface area contributed by atoms with Crippen molar-refractivity contribution in [3.8, 4) is 5.75 Å². The lowest BCUT2D eigenvalue weighted by atomic mass is 10.1. The van der Waals surface area contributed by atoms with E-state index in [9.17, 15) is 9.90 Å². The first-order valence-electron chi connectivity index (χ1n) is 4.22. The van der Waals surface area contributed by atoms with Crippen LogP contribution in [0.5, 0.6) is 5.75 Å². The molecule has 0 spiro atoms. The Morgan fingerprint density at radius 2 is 2.13 bits per heavy atom. The van der Waals surface area contributed by atoms with Gasteiger partial charge in [-0.25, -0.2) is 4.79 Å². The van der Waals surface area contributed by atoms with Crippen LogP contribution in [0, 0.1) is 0 Å². The number of aryl methyl sites for hydroxylation is 1. The first-order chi connectivity index (χ1) is 7.02. The Morgan fingerprint density at radius 3 is 2.73 bits per heavy atom. The standard InChI is InChI=1S/C10H8BrNO3/c1-12-4-5(10(14)15)8-7(12)3-2-6(11)9(8)13/h2-4,13H,1H3,(H,14,15). The number of carbonyl (C=O) groups is 1. The van der Waals surface area contributed by atoms with Gasteiger partial charge in [0.2, 0.25) is 0 Å². The van der Waals surface area contributed by atoms with Crippen molar-refractivity contribution in [1.29, 1.82) is 0 Å². The lowest BCUT2D eigenvalue weighted by Gasteiger charge is -2.00. The minimum atomic E-state index is -1.05. The van der Waals surface area contributed by atoms with Crippen LogP contribution in [0.1, 0.15) is 10.4 Å². The van der Waals surface area contributed by atoms with Crippen LogP contribution in [0.4, 0.5) is 0 Å². The zero-order chi connectivity index (χ0) is 11.2. The molecule has 0 amide bonds. The molecule has 15 heavy (non-hydrogen) atoms. The number of phenols is 1. The normalized spacial score (nSPS) is 10.8. The maximum Gasteiger partial charge on any atom is 0.338 e. The predicted molar refractivity (Wildman–Crippen MR) is 59.2 cm³/mol. The molecule has 0 aliphatic carbocycles. The zero-order valence-corrected chi connectivity index (χ0v) is 9.45. The topological polar surface area (TPSA) is 62.5 Å². The van der Waals surface area contributed by atoms with E-state index in [4.69, 9.17) is 5.11 Å². The number of hydrogen-bond acceptors (Lipinski definition) is 2. The van der Waals surface area contributed by atoms with Crippen molar-refractivity contribution in [2.75, 3.05) is 0 Å². The molecule has 0 atom stereocenters. The Hall–Kier alpha value is -1.49. The van der Waals surface area contributed by atoms with Gasteiger partial charge in [-0.15, -0.1) is 0 Å². The molecule has 0 saturated heterocycles. The second-order valence-electron chi connectivity index (χ2n) is 3.25. The van der Waals surface area contributed by atoms with Gasteiger partial charge in [0.05, 0.1) is 20.9 Å². The highest BCUT2D eigenvalue weighted by molar-refractivity contribution is 9.10. The van der Waals surface area contributed by atoms with E-state index >= 15 is 0 Å². The molecule has 0 aliphatic rings. The summed E-state index contributed by atoms with van der Waals surface area (Å²) in [5, 5.41) is 19.1. The van der Waals surface area contributed by atoms with Gasteiger partial charge in [0, 0.05) is 13.2 Å². The molecule has 0 radical (unpaired) electrons. The molecular formula is C10H8BrNO3. The van der Waals surface area contributed by atoms with Gasteiger partial charge in [0.25, 0.3) is 0 Å². The SMILES string of the molecule is Cn1cc(C(=O)O)c2c(O)c(Br)ccc21. The molecule has 0 saturated carbocycles. The van der Waals surface area contributed by atoms with Gasteiger partial charge in [0.15, 0.2) is 0 Å². The summed E-state index contributed by atoms with van der Waals surface area (Å²) in [4.78, 5) is 11.0. The Morgan fingerprint density at radius 1 is 1.47 bits per heavy atom. The number of aromatic nitrogens is 1. The smallest absolute Gasteiger partial charge is 0.338 e. The molecule has 1 heterocycles. The highest BCUT2D eigenvalue weighted by Crippen LogP contribution is 2.35. The summed E-state index contributed by atoms with van der Waals surface area (Å²) in [6.45, 7) is 0. The van der Waals surface area contributed by atoms with Gasteiger partial charge in [-0.05, 0) is 28.1 Å². The summed E-state index contributed by atoms with van der Waals surface area (Å²) in [7, 11) is 1.74. The number of phenolic OH excluding ortho intramolecular Hbond substituents is 1. The third kappa shape index (κ3) is 1.39. The van der Waals surface area contributed by atoms with Crippen LogP contribution < -0.4 is 0 Å². The third-order valence-corrected chi connectivity index (χ3v) is 2.95. The molecule has 0 aliphatic heterocycles. The summed E-state index contributed by atoms with van der Waals surface area (Å²) < 4.78 is 2.16. The summed E-state index contributed by atoms with van der Waals surface area (Å²) in [5.41, 5.74) is 0.791. The number of fused-ring (bicyclic) bond motifs is 1. The summed E-state index contributed by atoms with van der Waals surface area (Å²) in [5.74, 6) is -1.08. The number of aromatic hydroxyl groups is 1. The average Bonchev–Trinajstić information content (AvgIpc) is 2.50. The molecule has 0 unspecified atom stereocenters. The van der Waals surface area contributed by atoms with E-state index in [0.29, 0.717) is 15.4 Å². The quantitative estimate of drug-likeness (QED) is 0.836. The molecule has 1 aromatic carbocycles. The van der Waals surface area contributed by atoms with Gasteiger partial charge in [0.1, 0.15) is 5.75 Å². The molecule has 0 bridgehead atoms. The van der Waals surface area contributed by atoms with Gasteiger partial charge >= 0.3 is 5.97 Å². The van der Waals surface area contributed by atoms with E-state index in [1.807, 2.05) is 0 Å². The molecule has 2 N–H and O–H groups in total. The molecule has 2 rings (SSSR count). The molecule has 5 heteroatoms. The molecule has 2 aromatic rings. The highest BCUT2D eigenvalue weighted by atomic mass is 79.9. The Labute approximate surface area is 93.9 Å². The maximum atomic E-state index is 11.0. The van der Waals surface area contributed by atoms with E-state index in [2.05, 4.69) is 15.9 Å². The zero-order valence-electron chi connectivity index (χ0n) is 7.86. The van der Waals surface area contributed by atoms with Crippen molar-refractivity contribution >= 4 is 32.8 Å². The fourth-order valence-corrected chi connectivity index (χ4v) is 1.93. The molecule has 0 fully saturated rings. The summed E-state index contributed by atoms with van der Waals surface area (Å²) in [6, 6.07) is 3.44.